The van der Waals surface area contributed by atoms with Crippen molar-refractivity contribution in [1.82, 2.24) is 0 Å². The summed E-state index contributed by atoms with van der Waals surface area (Å²) in [5.74, 6) is -0.153. The normalized spacial score (nSPS) is 16.0. The number of halogens is 2. The van der Waals surface area contributed by atoms with E-state index in [2.05, 4.69) is 15.9 Å². The van der Waals surface area contributed by atoms with Crippen LogP contribution in [0.5, 0.6) is 11.5 Å². The summed E-state index contributed by atoms with van der Waals surface area (Å²) in [7, 11) is 1.43. The summed E-state index contributed by atoms with van der Waals surface area (Å²) in [5, 5.41) is 10.1. The molecule has 0 spiro atoms. The number of phenolic OH excluding ortho intramolecular Hbond substituents is 1. The summed E-state index contributed by atoms with van der Waals surface area (Å²) in [6.45, 7) is 0. The van der Waals surface area contributed by atoms with Crippen LogP contribution in [-0.4, -0.2) is 22.4 Å². The van der Waals surface area contributed by atoms with Gasteiger partial charge in [0, 0.05) is 4.47 Å². The zero-order valence-electron chi connectivity index (χ0n) is 12.8. The standard InChI is InChI=1S/C17H11BrClNO3S2/c1-23-11-7-9(13(18)14(19)15(11)21)8-12-16(22)20(17(24)25-12)10-5-3-2-4-6-10/h2-8,21H,1H3/b12-8+. The van der Waals surface area contributed by atoms with Crippen LogP contribution in [0.1, 0.15) is 5.56 Å². The molecule has 1 saturated heterocycles. The number of anilines is 1. The molecule has 0 radical (unpaired) electrons. The van der Waals surface area contributed by atoms with Gasteiger partial charge in [-0.2, -0.15) is 0 Å². The average molecular weight is 457 g/mol. The van der Waals surface area contributed by atoms with Gasteiger partial charge in [-0.05, 0) is 45.8 Å². The highest BCUT2D eigenvalue weighted by atomic mass is 79.9. The maximum absolute atomic E-state index is 12.8. The van der Waals surface area contributed by atoms with Crippen molar-refractivity contribution in [3.63, 3.8) is 0 Å². The number of hydrogen-bond donors (Lipinski definition) is 1. The van der Waals surface area contributed by atoms with Crippen LogP contribution >= 0.6 is 51.5 Å². The molecule has 25 heavy (non-hydrogen) atoms. The fourth-order valence-corrected chi connectivity index (χ4v) is 4.19. The summed E-state index contributed by atoms with van der Waals surface area (Å²) in [6, 6.07) is 10.8. The van der Waals surface area contributed by atoms with Crippen molar-refractivity contribution in [3.05, 3.63) is 56.4 Å². The molecule has 0 aliphatic carbocycles. The molecule has 2 aromatic rings. The van der Waals surface area contributed by atoms with Gasteiger partial charge in [-0.15, -0.1) is 0 Å². The van der Waals surface area contributed by atoms with Gasteiger partial charge in [0.05, 0.1) is 17.7 Å². The molecule has 8 heteroatoms. The van der Waals surface area contributed by atoms with Gasteiger partial charge >= 0.3 is 0 Å². The Kier molecular flexibility index (Phi) is 5.38. The summed E-state index contributed by atoms with van der Waals surface area (Å²) < 4.78 is 6.04. The van der Waals surface area contributed by atoms with Crippen LogP contribution in [0.15, 0.2) is 45.8 Å². The molecular formula is C17H11BrClNO3S2. The van der Waals surface area contributed by atoms with E-state index in [0.29, 0.717) is 24.9 Å². The van der Waals surface area contributed by atoms with Gasteiger partial charge in [0.2, 0.25) is 0 Å². The van der Waals surface area contributed by atoms with Crippen molar-refractivity contribution >= 4 is 73.5 Å². The Bertz CT molecular complexity index is 903. The summed E-state index contributed by atoms with van der Waals surface area (Å²) in [6.07, 6.45) is 1.67. The number of amides is 1. The van der Waals surface area contributed by atoms with Crippen LogP contribution in [0.4, 0.5) is 5.69 Å². The van der Waals surface area contributed by atoms with Crippen LogP contribution in [-0.2, 0) is 4.79 Å². The molecule has 0 bridgehead atoms. The molecule has 3 rings (SSSR count). The summed E-state index contributed by atoms with van der Waals surface area (Å²) in [5.41, 5.74) is 1.32. The number of para-hydroxylation sites is 1. The van der Waals surface area contributed by atoms with Crippen molar-refractivity contribution in [2.24, 2.45) is 0 Å². The smallest absolute Gasteiger partial charge is 0.270 e. The highest BCUT2D eigenvalue weighted by Crippen LogP contribution is 2.44. The first kappa shape index (κ1) is 18.3. The molecular weight excluding hydrogens is 446 g/mol. The van der Waals surface area contributed by atoms with E-state index in [-0.39, 0.29) is 22.4 Å². The van der Waals surface area contributed by atoms with Crippen LogP contribution in [0.3, 0.4) is 0 Å². The monoisotopic (exact) mass is 455 g/mol. The van der Waals surface area contributed by atoms with E-state index in [1.165, 1.54) is 23.8 Å². The number of aromatic hydroxyl groups is 1. The van der Waals surface area contributed by atoms with Gasteiger partial charge in [0.25, 0.3) is 5.91 Å². The van der Waals surface area contributed by atoms with Gasteiger partial charge in [-0.1, -0.05) is 53.8 Å². The van der Waals surface area contributed by atoms with E-state index < -0.39 is 0 Å². The predicted molar refractivity (Wildman–Crippen MR) is 109 cm³/mol. The third-order valence-corrected chi connectivity index (χ3v) is 6.24. The second-order valence-electron chi connectivity index (χ2n) is 5.00. The van der Waals surface area contributed by atoms with Crippen molar-refractivity contribution < 1.29 is 14.6 Å². The Balaban J connectivity index is 2.02. The lowest BCUT2D eigenvalue weighted by Gasteiger charge is -2.14. The predicted octanol–water partition coefficient (Wildman–Crippen LogP) is 5.22. The molecule has 1 aliphatic heterocycles. The molecule has 1 heterocycles. The number of carbonyl (C=O) groups is 1. The number of ether oxygens (including phenoxy) is 1. The highest BCUT2D eigenvalue weighted by Gasteiger charge is 2.33. The van der Waals surface area contributed by atoms with Crippen LogP contribution in [0.2, 0.25) is 5.02 Å². The molecule has 0 atom stereocenters. The van der Waals surface area contributed by atoms with E-state index in [1.807, 2.05) is 30.3 Å². The number of benzene rings is 2. The molecule has 0 saturated carbocycles. The molecule has 0 unspecified atom stereocenters. The van der Waals surface area contributed by atoms with Crippen LogP contribution in [0.25, 0.3) is 6.08 Å². The molecule has 0 aromatic heterocycles. The number of rotatable bonds is 3. The minimum absolute atomic E-state index is 0.115. The fourth-order valence-electron chi connectivity index (χ4n) is 2.28. The second-order valence-corrected chi connectivity index (χ2v) is 7.84. The van der Waals surface area contributed by atoms with Crippen LogP contribution < -0.4 is 9.64 Å². The van der Waals surface area contributed by atoms with E-state index in [0.717, 1.165) is 0 Å². The van der Waals surface area contributed by atoms with E-state index in [9.17, 15) is 9.90 Å². The number of nitrogens with zero attached hydrogens (tertiary/aromatic N) is 1. The topological polar surface area (TPSA) is 49.8 Å². The summed E-state index contributed by atoms with van der Waals surface area (Å²) in [4.78, 5) is 14.7. The largest absolute Gasteiger partial charge is 0.503 e. The molecule has 1 aliphatic rings. The van der Waals surface area contributed by atoms with Crippen molar-refractivity contribution in [1.29, 1.82) is 0 Å². The van der Waals surface area contributed by atoms with Crippen molar-refractivity contribution in [2.45, 2.75) is 0 Å². The van der Waals surface area contributed by atoms with Gasteiger partial charge in [0.1, 0.15) is 5.02 Å². The van der Waals surface area contributed by atoms with E-state index in [4.69, 9.17) is 28.6 Å². The lowest BCUT2D eigenvalue weighted by Crippen LogP contribution is -2.27. The number of phenols is 1. The SMILES string of the molecule is COc1cc(/C=C2/SC(=S)N(c3ccccc3)C2=O)c(Br)c(Cl)c1O. The first-order chi connectivity index (χ1) is 11.9. The third kappa shape index (κ3) is 3.42. The third-order valence-electron chi connectivity index (χ3n) is 3.49. The lowest BCUT2D eigenvalue weighted by atomic mass is 10.1. The number of methoxy groups -OCH3 is 1. The second kappa shape index (κ2) is 7.37. The zero-order valence-corrected chi connectivity index (χ0v) is 16.8. The molecule has 4 nitrogen and oxygen atoms in total. The lowest BCUT2D eigenvalue weighted by molar-refractivity contribution is -0.113. The zero-order chi connectivity index (χ0) is 18.1. The number of thioether (sulfide) groups is 1. The maximum Gasteiger partial charge on any atom is 0.270 e. The minimum Gasteiger partial charge on any atom is -0.503 e. The number of carbonyl (C=O) groups excluding carboxylic acids is 1. The van der Waals surface area contributed by atoms with Crippen molar-refractivity contribution in [3.8, 4) is 11.5 Å². The quantitative estimate of drug-likeness (QED) is 0.507. The minimum atomic E-state index is -0.212. The van der Waals surface area contributed by atoms with Gasteiger partial charge < -0.3 is 9.84 Å². The average Bonchev–Trinajstić information content (AvgIpc) is 2.89. The Morgan fingerprint density at radius 3 is 2.68 bits per heavy atom. The van der Waals surface area contributed by atoms with E-state index >= 15 is 0 Å². The molecule has 1 N–H and O–H groups in total. The van der Waals surface area contributed by atoms with Crippen LogP contribution in [0, 0.1) is 0 Å². The van der Waals surface area contributed by atoms with Crippen molar-refractivity contribution in [2.75, 3.05) is 12.0 Å². The molecule has 128 valence electrons. The van der Waals surface area contributed by atoms with Gasteiger partial charge in [-0.3, -0.25) is 9.69 Å². The molecule has 2 aromatic carbocycles. The fraction of sp³-hybridized carbons (Fsp3) is 0.0588. The number of hydrogen-bond acceptors (Lipinski definition) is 5. The van der Waals surface area contributed by atoms with E-state index in [1.54, 1.807) is 12.1 Å². The summed E-state index contributed by atoms with van der Waals surface area (Å²) >= 11 is 16.0. The number of thiocarbonyl (C=S) groups is 1. The molecule has 1 fully saturated rings. The highest BCUT2D eigenvalue weighted by molar-refractivity contribution is 9.10. The maximum atomic E-state index is 12.8. The first-order valence-corrected chi connectivity index (χ1v) is 9.41. The Labute approximate surface area is 167 Å². The Morgan fingerprint density at radius 2 is 2.04 bits per heavy atom. The Hall–Kier alpha value is -1.54. The Morgan fingerprint density at radius 1 is 1.36 bits per heavy atom. The van der Waals surface area contributed by atoms with Gasteiger partial charge in [0.15, 0.2) is 15.8 Å². The first-order valence-electron chi connectivity index (χ1n) is 7.02. The van der Waals surface area contributed by atoms with Gasteiger partial charge in [-0.25, -0.2) is 0 Å². The molecule has 1 amide bonds.